The molecule has 1 atom stereocenters. The van der Waals surface area contributed by atoms with Gasteiger partial charge in [-0.25, -0.2) is 0 Å². The van der Waals surface area contributed by atoms with Crippen LogP contribution in [-0.4, -0.2) is 4.57 Å². The van der Waals surface area contributed by atoms with Gasteiger partial charge < -0.3 is 14.4 Å². The highest BCUT2D eigenvalue weighted by atomic mass is 15.2. The minimum absolute atomic E-state index is 0.658. The van der Waals surface area contributed by atoms with Crippen LogP contribution in [0.25, 0.3) is 60.9 Å². The van der Waals surface area contributed by atoms with E-state index < -0.39 is 5.41 Å². The predicted molar refractivity (Wildman–Crippen MR) is 292 cm³/mol. The molecule has 0 N–H and O–H groups in total. The number of para-hydroxylation sites is 4. The molecule has 328 valence electrons. The fourth-order valence-electron chi connectivity index (χ4n) is 11.9. The van der Waals surface area contributed by atoms with E-state index in [1.165, 1.54) is 71.9 Å². The zero-order valence-corrected chi connectivity index (χ0v) is 38.3. The quantitative estimate of drug-likeness (QED) is 0.151. The molecule has 0 saturated heterocycles. The molecule has 0 fully saturated rings. The number of aromatic nitrogens is 1. The standard InChI is InChI=1S/C67H45N3/c1-5-21-46(22-6-1)47-23-19-30-51(43-47)68(48-24-7-2-8-25-48)52-39-41-56-54-31-13-16-35-60(54)67(62(56)44-52)61-36-17-14-32-55(61)59-34-20-38-64(66(59)67)69(49-26-9-3-10-27-49)53-40-42-58-57-33-15-18-37-63(57)70(65(58)45-53)50-28-11-4-12-29-50/h1-45H. The minimum atomic E-state index is -0.658. The second-order valence-electron chi connectivity index (χ2n) is 18.4. The van der Waals surface area contributed by atoms with Crippen molar-refractivity contribution in [3.8, 4) is 39.1 Å². The molecule has 1 spiro atoms. The molecule has 1 heterocycles. The molecule has 3 nitrogen and oxygen atoms in total. The van der Waals surface area contributed by atoms with Crippen molar-refractivity contribution in [3.05, 3.63) is 295 Å². The second-order valence-corrected chi connectivity index (χ2v) is 18.4. The summed E-state index contributed by atoms with van der Waals surface area (Å²) in [5.41, 5.74) is 22.0. The highest BCUT2D eigenvalue weighted by Gasteiger charge is 2.53. The first-order valence-corrected chi connectivity index (χ1v) is 24.2. The molecule has 12 aromatic rings. The predicted octanol–water partition coefficient (Wildman–Crippen LogP) is 17.7. The average Bonchev–Trinajstić information content (AvgIpc) is 4.04. The van der Waals surface area contributed by atoms with Gasteiger partial charge in [-0.3, -0.25) is 0 Å². The Kier molecular flexibility index (Phi) is 9.11. The molecule has 2 aliphatic rings. The molecule has 3 heteroatoms. The molecule has 0 saturated carbocycles. The van der Waals surface area contributed by atoms with E-state index in [0.29, 0.717) is 0 Å². The highest BCUT2D eigenvalue weighted by molar-refractivity contribution is 6.11. The Bertz CT molecular complexity index is 3940. The maximum absolute atomic E-state index is 2.51. The largest absolute Gasteiger partial charge is 0.310 e. The number of fused-ring (bicyclic) bond motifs is 13. The van der Waals surface area contributed by atoms with Gasteiger partial charge in [0.1, 0.15) is 0 Å². The van der Waals surface area contributed by atoms with Crippen molar-refractivity contribution in [2.75, 3.05) is 9.80 Å². The summed E-state index contributed by atoms with van der Waals surface area (Å²) >= 11 is 0. The van der Waals surface area contributed by atoms with E-state index in [9.17, 15) is 0 Å². The van der Waals surface area contributed by atoms with Crippen LogP contribution in [0.1, 0.15) is 22.3 Å². The normalized spacial score (nSPS) is 14.1. The summed E-state index contributed by atoms with van der Waals surface area (Å²) in [6.07, 6.45) is 0. The third kappa shape index (κ3) is 5.95. The lowest BCUT2D eigenvalue weighted by Gasteiger charge is -2.36. The van der Waals surface area contributed by atoms with E-state index >= 15 is 0 Å². The number of anilines is 6. The molecule has 14 rings (SSSR count). The molecule has 0 bridgehead atoms. The topological polar surface area (TPSA) is 11.4 Å². The van der Waals surface area contributed by atoms with E-state index in [-0.39, 0.29) is 0 Å². The Balaban J connectivity index is 1.04. The molecule has 1 unspecified atom stereocenters. The Morgan fingerprint density at radius 1 is 0.286 bits per heavy atom. The molecule has 1 aromatic heterocycles. The third-order valence-electron chi connectivity index (χ3n) is 14.7. The maximum atomic E-state index is 2.51. The van der Waals surface area contributed by atoms with Crippen molar-refractivity contribution in [1.82, 2.24) is 4.57 Å². The van der Waals surface area contributed by atoms with E-state index in [1.54, 1.807) is 0 Å². The molecule has 11 aromatic carbocycles. The number of hydrogen-bond acceptors (Lipinski definition) is 2. The van der Waals surface area contributed by atoms with Gasteiger partial charge in [-0.05, 0) is 135 Å². The van der Waals surface area contributed by atoms with Crippen LogP contribution in [0.5, 0.6) is 0 Å². The lowest BCUT2D eigenvalue weighted by molar-refractivity contribution is 0.793. The lowest BCUT2D eigenvalue weighted by Crippen LogP contribution is -2.28. The summed E-state index contributed by atoms with van der Waals surface area (Å²) in [5, 5.41) is 2.46. The monoisotopic (exact) mass is 891 g/mol. The van der Waals surface area contributed by atoms with Gasteiger partial charge in [0.2, 0.25) is 0 Å². The fraction of sp³-hybridized carbons (Fsp3) is 0.0149. The SMILES string of the molecule is c1ccc(-c2cccc(N(c3ccccc3)c3ccc4c(c3)C3(c5ccccc5-4)c4ccccc4-c4cccc(N(c5ccccc5)c5ccc6c7ccccc7n(-c7ccccc7)c6c5)c43)c2)cc1. The Morgan fingerprint density at radius 2 is 0.786 bits per heavy atom. The van der Waals surface area contributed by atoms with Crippen molar-refractivity contribution in [1.29, 1.82) is 0 Å². The molecular formula is C67H45N3. The summed E-state index contributed by atoms with van der Waals surface area (Å²) in [7, 11) is 0. The molecular weight excluding hydrogens is 847 g/mol. The average molecular weight is 892 g/mol. The van der Waals surface area contributed by atoms with Gasteiger partial charge in [-0.2, -0.15) is 0 Å². The van der Waals surface area contributed by atoms with E-state index in [1.807, 2.05) is 0 Å². The van der Waals surface area contributed by atoms with Gasteiger partial charge >= 0.3 is 0 Å². The van der Waals surface area contributed by atoms with E-state index in [4.69, 9.17) is 0 Å². The smallest absolute Gasteiger partial charge is 0.0746 e. The Labute approximate surface area is 408 Å². The van der Waals surface area contributed by atoms with Gasteiger partial charge in [0, 0.05) is 50.5 Å². The fourth-order valence-corrected chi connectivity index (χ4v) is 11.9. The van der Waals surface area contributed by atoms with Crippen molar-refractivity contribution < 1.29 is 0 Å². The van der Waals surface area contributed by atoms with Crippen LogP contribution in [0.2, 0.25) is 0 Å². The van der Waals surface area contributed by atoms with E-state index in [0.717, 1.165) is 45.3 Å². The van der Waals surface area contributed by atoms with E-state index in [2.05, 4.69) is 287 Å². The lowest BCUT2D eigenvalue weighted by atomic mass is 9.69. The van der Waals surface area contributed by atoms with Crippen LogP contribution >= 0.6 is 0 Å². The van der Waals surface area contributed by atoms with Crippen LogP contribution in [0.3, 0.4) is 0 Å². The van der Waals surface area contributed by atoms with Gasteiger partial charge in [0.05, 0.1) is 22.1 Å². The summed E-state index contributed by atoms with van der Waals surface area (Å²) < 4.78 is 2.42. The first-order chi connectivity index (χ1) is 34.8. The third-order valence-corrected chi connectivity index (χ3v) is 14.7. The van der Waals surface area contributed by atoms with Crippen LogP contribution < -0.4 is 9.80 Å². The van der Waals surface area contributed by atoms with Crippen LogP contribution in [-0.2, 0) is 5.41 Å². The first kappa shape index (κ1) is 39.9. The summed E-state index contributed by atoms with van der Waals surface area (Å²) in [6.45, 7) is 0. The number of rotatable bonds is 8. The second kappa shape index (κ2) is 16.0. The molecule has 0 radical (unpaired) electrons. The van der Waals surface area contributed by atoms with Gasteiger partial charge in [0.25, 0.3) is 0 Å². The molecule has 0 amide bonds. The molecule has 70 heavy (non-hydrogen) atoms. The van der Waals surface area contributed by atoms with Crippen LogP contribution in [0.4, 0.5) is 34.1 Å². The number of nitrogens with zero attached hydrogens (tertiary/aromatic N) is 3. The minimum Gasteiger partial charge on any atom is -0.310 e. The highest BCUT2D eigenvalue weighted by Crippen LogP contribution is 2.66. The zero-order valence-electron chi connectivity index (χ0n) is 38.3. The van der Waals surface area contributed by atoms with Gasteiger partial charge in [-0.15, -0.1) is 0 Å². The Hall–Kier alpha value is -9.18. The van der Waals surface area contributed by atoms with Crippen LogP contribution in [0.15, 0.2) is 273 Å². The number of hydrogen-bond donors (Lipinski definition) is 0. The van der Waals surface area contributed by atoms with Crippen molar-refractivity contribution in [2.45, 2.75) is 5.41 Å². The molecule has 2 aliphatic carbocycles. The summed E-state index contributed by atoms with van der Waals surface area (Å²) in [5.74, 6) is 0. The van der Waals surface area contributed by atoms with Crippen molar-refractivity contribution in [2.24, 2.45) is 0 Å². The Morgan fingerprint density at radius 3 is 1.53 bits per heavy atom. The first-order valence-electron chi connectivity index (χ1n) is 24.2. The van der Waals surface area contributed by atoms with Gasteiger partial charge in [-0.1, -0.05) is 188 Å². The summed E-state index contributed by atoms with van der Waals surface area (Å²) in [6, 6.07) is 100. The van der Waals surface area contributed by atoms with Gasteiger partial charge in [0.15, 0.2) is 0 Å². The summed E-state index contributed by atoms with van der Waals surface area (Å²) in [4.78, 5) is 4.93. The van der Waals surface area contributed by atoms with Crippen LogP contribution in [0, 0.1) is 0 Å². The van der Waals surface area contributed by atoms with Crippen molar-refractivity contribution >= 4 is 55.9 Å². The zero-order chi connectivity index (χ0) is 46.2. The molecule has 0 aliphatic heterocycles. The van der Waals surface area contributed by atoms with Crippen molar-refractivity contribution in [3.63, 3.8) is 0 Å². The number of benzene rings is 11. The maximum Gasteiger partial charge on any atom is 0.0746 e.